The fraction of sp³-hybridized carbons (Fsp3) is 0.167. The summed E-state index contributed by atoms with van der Waals surface area (Å²) in [5.41, 5.74) is 2.16. The third kappa shape index (κ3) is 6.40. The maximum absolute atomic E-state index is 12.6. The Morgan fingerprint density at radius 1 is 1.06 bits per heavy atom. The Labute approximate surface area is 198 Å². The van der Waals surface area contributed by atoms with Crippen LogP contribution in [0.4, 0.5) is 11.6 Å². The first-order chi connectivity index (χ1) is 16.2. The molecule has 3 aromatic rings. The molecule has 174 valence electrons. The van der Waals surface area contributed by atoms with Gasteiger partial charge in [0.2, 0.25) is 5.95 Å². The van der Waals surface area contributed by atoms with Gasteiger partial charge in [0.1, 0.15) is 17.4 Å². The molecule has 0 unspecified atom stereocenters. The van der Waals surface area contributed by atoms with Crippen molar-refractivity contribution >= 4 is 33.6 Å². The number of nitrogens with zero attached hydrogens (tertiary/aromatic N) is 3. The lowest BCUT2D eigenvalue weighted by Crippen LogP contribution is -2.16. The van der Waals surface area contributed by atoms with Gasteiger partial charge in [0.05, 0.1) is 11.5 Å². The molecule has 34 heavy (non-hydrogen) atoms. The first kappa shape index (κ1) is 24.4. The number of hydrogen-bond acceptors (Lipinski definition) is 7. The zero-order valence-corrected chi connectivity index (χ0v) is 19.7. The zero-order chi connectivity index (χ0) is 24.7. The molecule has 1 heterocycles. The third-order valence-electron chi connectivity index (χ3n) is 4.50. The standard InChI is InChI=1S/C24H23N5O4S/c1-4-33-21-9-5-18(6-10-21)14-19(15-25)23(30)28-20-7-11-22(12-8-20)34(31,32)29-24-26-16(2)13-17(3)27-24/h5-14H,4H2,1-3H3,(H,28,30)(H,26,27,29)/b19-14+. The lowest BCUT2D eigenvalue weighted by atomic mass is 10.1. The molecule has 10 heteroatoms. The van der Waals surface area contributed by atoms with E-state index in [1.807, 2.05) is 13.0 Å². The number of nitriles is 1. The van der Waals surface area contributed by atoms with Crippen LogP contribution in [0.1, 0.15) is 23.9 Å². The number of benzene rings is 2. The van der Waals surface area contributed by atoms with Crippen molar-refractivity contribution in [2.75, 3.05) is 16.6 Å². The fourth-order valence-corrected chi connectivity index (χ4v) is 3.95. The minimum atomic E-state index is -3.92. The number of sulfonamides is 1. The number of rotatable bonds is 8. The van der Waals surface area contributed by atoms with E-state index in [2.05, 4.69) is 20.0 Å². The topological polar surface area (TPSA) is 134 Å². The minimum absolute atomic E-state index is 0.0204. The van der Waals surface area contributed by atoms with E-state index >= 15 is 0 Å². The van der Waals surface area contributed by atoms with Crippen molar-refractivity contribution in [1.29, 1.82) is 5.26 Å². The second-order valence-electron chi connectivity index (χ2n) is 7.23. The van der Waals surface area contributed by atoms with E-state index in [0.29, 0.717) is 35.0 Å². The molecule has 1 aromatic heterocycles. The van der Waals surface area contributed by atoms with Crippen molar-refractivity contribution in [3.8, 4) is 11.8 Å². The van der Waals surface area contributed by atoms with Gasteiger partial charge in [-0.15, -0.1) is 0 Å². The average Bonchev–Trinajstić information content (AvgIpc) is 2.78. The van der Waals surface area contributed by atoms with Crippen LogP contribution in [0.5, 0.6) is 5.75 Å². The molecular formula is C24H23N5O4S. The zero-order valence-electron chi connectivity index (χ0n) is 18.9. The van der Waals surface area contributed by atoms with Crippen LogP contribution in [0.2, 0.25) is 0 Å². The van der Waals surface area contributed by atoms with Gasteiger partial charge in [-0.2, -0.15) is 5.26 Å². The van der Waals surface area contributed by atoms with Crippen molar-refractivity contribution < 1.29 is 17.9 Å². The molecule has 0 spiro atoms. The van der Waals surface area contributed by atoms with Crippen molar-refractivity contribution in [3.05, 3.63) is 77.1 Å². The summed E-state index contributed by atoms with van der Waals surface area (Å²) in [6, 6.07) is 16.1. The van der Waals surface area contributed by atoms with Crippen LogP contribution in [-0.4, -0.2) is 30.9 Å². The molecule has 0 aliphatic carbocycles. The molecule has 0 aliphatic rings. The molecule has 1 amide bonds. The highest BCUT2D eigenvalue weighted by Gasteiger charge is 2.17. The monoisotopic (exact) mass is 477 g/mol. The molecule has 0 fully saturated rings. The van der Waals surface area contributed by atoms with E-state index in [9.17, 15) is 18.5 Å². The Morgan fingerprint density at radius 3 is 2.24 bits per heavy atom. The van der Waals surface area contributed by atoms with Gasteiger partial charge < -0.3 is 10.1 Å². The van der Waals surface area contributed by atoms with Gasteiger partial charge in [0.15, 0.2) is 0 Å². The molecule has 0 radical (unpaired) electrons. The van der Waals surface area contributed by atoms with Gasteiger partial charge in [-0.3, -0.25) is 4.79 Å². The Balaban J connectivity index is 1.71. The minimum Gasteiger partial charge on any atom is -0.494 e. The van der Waals surface area contributed by atoms with Crippen LogP contribution < -0.4 is 14.8 Å². The number of aryl methyl sites for hydroxylation is 2. The maximum atomic E-state index is 12.6. The van der Waals surface area contributed by atoms with Crippen LogP contribution >= 0.6 is 0 Å². The number of carbonyl (C=O) groups is 1. The van der Waals surface area contributed by atoms with Crippen LogP contribution in [0.15, 0.2) is 65.1 Å². The van der Waals surface area contributed by atoms with Crippen molar-refractivity contribution in [3.63, 3.8) is 0 Å². The summed E-state index contributed by atoms with van der Waals surface area (Å²) in [5, 5.41) is 12.0. The van der Waals surface area contributed by atoms with E-state index in [1.165, 1.54) is 30.3 Å². The Morgan fingerprint density at radius 2 is 1.68 bits per heavy atom. The summed E-state index contributed by atoms with van der Waals surface area (Å²) >= 11 is 0. The van der Waals surface area contributed by atoms with E-state index in [4.69, 9.17) is 4.74 Å². The highest BCUT2D eigenvalue weighted by atomic mass is 32.2. The number of nitrogens with one attached hydrogen (secondary N) is 2. The number of anilines is 2. The van der Waals surface area contributed by atoms with Gasteiger partial charge in [-0.05, 0) is 74.9 Å². The van der Waals surface area contributed by atoms with E-state index in [0.717, 1.165) is 0 Å². The summed E-state index contributed by atoms with van der Waals surface area (Å²) in [7, 11) is -3.92. The molecular weight excluding hydrogens is 454 g/mol. The molecule has 0 saturated carbocycles. The quantitative estimate of drug-likeness (QED) is 0.372. The normalized spacial score (nSPS) is 11.4. The molecule has 2 aromatic carbocycles. The molecule has 9 nitrogen and oxygen atoms in total. The summed E-state index contributed by atoms with van der Waals surface area (Å²) in [4.78, 5) is 20.7. The van der Waals surface area contributed by atoms with Crippen LogP contribution in [-0.2, 0) is 14.8 Å². The number of amides is 1. The molecule has 0 bridgehead atoms. The first-order valence-electron chi connectivity index (χ1n) is 10.3. The summed E-state index contributed by atoms with van der Waals surface area (Å²) in [6.45, 7) is 5.90. The van der Waals surface area contributed by atoms with Crippen molar-refractivity contribution in [1.82, 2.24) is 9.97 Å². The second kappa shape index (κ2) is 10.6. The maximum Gasteiger partial charge on any atom is 0.266 e. The van der Waals surface area contributed by atoms with E-state index in [-0.39, 0.29) is 16.4 Å². The highest BCUT2D eigenvalue weighted by molar-refractivity contribution is 7.92. The summed E-state index contributed by atoms with van der Waals surface area (Å²) in [6.07, 6.45) is 1.46. The first-order valence-corrected chi connectivity index (χ1v) is 11.8. The third-order valence-corrected chi connectivity index (χ3v) is 5.84. The molecule has 0 aliphatic heterocycles. The van der Waals surface area contributed by atoms with Gasteiger partial charge in [0.25, 0.3) is 15.9 Å². The summed E-state index contributed by atoms with van der Waals surface area (Å²) in [5.74, 6) is 0.0537. The van der Waals surface area contributed by atoms with Gasteiger partial charge in [-0.25, -0.2) is 23.1 Å². The predicted molar refractivity (Wildman–Crippen MR) is 129 cm³/mol. The van der Waals surface area contributed by atoms with Crippen molar-refractivity contribution in [2.45, 2.75) is 25.7 Å². The van der Waals surface area contributed by atoms with Crippen LogP contribution in [0, 0.1) is 25.2 Å². The van der Waals surface area contributed by atoms with E-state index < -0.39 is 15.9 Å². The Hall–Kier alpha value is -4.23. The molecule has 0 atom stereocenters. The average molecular weight is 478 g/mol. The van der Waals surface area contributed by atoms with Gasteiger partial charge >= 0.3 is 0 Å². The fourth-order valence-electron chi connectivity index (χ4n) is 3.01. The summed E-state index contributed by atoms with van der Waals surface area (Å²) < 4.78 is 33.0. The second-order valence-corrected chi connectivity index (χ2v) is 8.91. The number of ether oxygens (including phenoxy) is 1. The Bertz CT molecular complexity index is 1340. The highest BCUT2D eigenvalue weighted by Crippen LogP contribution is 2.19. The SMILES string of the molecule is CCOc1ccc(/C=C(\C#N)C(=O)Nc2ccc(S(=O)(=O)Nc3nc(C)cc(C)n3)cc2)cc1. The molecule has 3 rings (SSSR count). The smallest absolute Gasteiger partial charge is 0.266 e. The lowest BCUT2D eigenvalue weighted by molar-refractivity contribution is -0.112. The Kier molecular flexibility index (Phi) is 7.60. The van der Waals surface area contributed by atoms with Crippen LogP contribution in [0.3, 0.4) is 0 Å². The van der Waals surface area contributed by atoms with Gasteiger partial charge in [-0.1, -0.05) is 12.1 Å². The number of carbonyl (C=O) groups excluding carboxylic acids is 1. The van der Waals surface area contributed by atoms with E-state index in [1.54, 1.807) is 44.2 Å². The van der Waals surface area contributed by atoms with Crippen LogP contribution in [0.25, 0.3) is 6.08 Å². The largest absolute Gasteiger partial charge is 0.494 e. The lowest BCUT2D eigenvalue weighted by Gasteiger charge is -2.09. The number of aromatic nitrogens is 2. The van der Waals surface area contributed by atoms with Gasteiger partial charge in [0, 0.05) is 17.1 Å². The molecule has 0 saturated heterocycles. The molecule has 2 N–H and O–H groups in total. The predicted octanol–water partition coefficient (Wildman–Crippen LogP) is 3.84. The number of hydrogen-bond donors (Lipinski definition) is 2. The van der Waals surface area contributed by atoms with Crippen molar-refractivity contribution in [2.24, 2.45) is 0 Å².